The van der Waals surface area contributed by atoms with Gasteiger partial charge in [0.05, 0.1) is 24.4 Å². The molecule has 3 aromatic carbocycles. The lowest BCUT2D eigenvalue weighted by Crippen LogP contribution is -2.16. The van der Waals surface area contributed by atoms with Gasteiger partial charge in [-0.3, -0.25) is 4.79 Å². The van der Waals surface area contributed by atoms with E-state index in [4.69, 9.17) is 9.47 Å². The van der Waals surface area contributed by atoms with Crippen LogP contribution in [0.1, 0.15) is 10.4 Å². The van der Waals surface area contributed by atoms with Crippen molar-refractivity contribution in [1.82, 2.24) is 4.57 Å². The summed E-state index contributed by atoms with van der Waals surface area (Å²) in [5.74, 6) is 0.972. The van der Waals surface area contributed by atoms with Gasteiger partial charge < -0.3 is 14.0 Å². The Hall–Kier alpha value is -3.64. The first-order chi connectivity index (χ1) is 15.1. The highest BCUT2D eigenvalue weighted by atomic mass is 32.1. The summed E-state index contributed by atoms with van der Waals surface area (Å²) in [6.45, 7) is 4.36. The van der Waals surface area contributed by atoms with Crippen LogP contribution in [0.15, 0.2) is 84.4 Å². The zero-order valence-corrected chi connectivity index (χ0v) is 18.2. The van der Waals surface area contributed by atoms with E-state index in [0.717, 1.165) is 21.3 Å². The van der Waals surface area contributed by atoms with Crippen molar-refractivity contribution in [3.8, 4) is 22.6 Å². The molecule has 4 aromatic rings. The molecule has 0 N–H and O–H groups in total. The minimum absolute atomic E-state index is 0.289. The molecular weight excluding hydrogens is 408 g/mol. The predicted molar refractivity (Wildman–Crippen MR) is 125 cm³/mol. The van der Waals surface area contributed by atoms with E-state index in [2.05, 4.69) is 11.6 Å². The first kappa shape index (κ1) is 20.6. The van der Waals surface area contributed by atoms with Crippen LogP contribution in [-0.2, 0) is 6.54 Å². The van der Waals surface area contributed by atoms with Crippen LogP contribution in [0.4, 0.5) is 0 Å². The molecule has 6 heteroatoms. The van der Waals surface area contributed by atoms with Crippen LogP contribution in [0.3, 0.4) is 0 Å². The summed E-state index contributed by atoms with van der Waals surface area (Å²) in [6, 6.07) is 21.3. The average Bonchev–Trinajstić information content (AvgIpc) is 3.14. The quantitative estimate of drug-likeness (QED) is 0.389. The van der Waals surface area contributed by atoms with Gasteiger partial charge in [-0.2, -0.15) is 4.99 Å². The van der Waals surface area contributed by atoms with Gasteiger partial charge in [0.2, 0.25) is 0 Å². The van der Waals surface area contributed by atoms with E-state index in [1.54, 1.807) is 20.3 Å². The zero-order valence-electron chi connectivity index (χ0n) is 17.4. The maximum absolute atomic E-state index is 12.9. The molecule has 0 atom stereocenters. The highest BCUT2D eigenvalue weighted by molar-refractivity contribution is 7.16. The molecule has 0 unspecified atom stereocenters. The molecule has 5 nitrogen and oxygen atoms in total. The lowest BCUT2D eigenvalue weighted by molar-refractivity contribution is 0.0998. The fourth-order valence-electron chi connectivity index (χ4n) is 3.37. The van der Waals surface area contributed by atoms with Gasteiger partial charge >= 0.3 is 0 Å². The zero-order chi connectivity index (χ0) is 21.8. The Labute approximate surface area is 184 Å². The van der Waals surface area contributed by atoms with Crippen LogP contribution in [-0.4, -0.2) is 24.7 Å². The van der Waals surface area contributed by atoms with E-state index in [1.165, 1.54) is 11.3 Å². The molecule has 0 saturated carbocycles. The Kier molecular flexibility index (Phi) is 6.00. The predicted octanol–water partition coefficient (Wildman–Crippen LogP) is 5.31. The lowest BCUT2D eigenvalue weighted by Gasteiger charge is -2.08. The number of nitrogens with zero attached hydrogens (tertiary/aromatic N) is 2. The van der Waals surface area contributed by atoms with Gasteiger partial charge in [-0.05, 0) is 23.3 Å². The number of thiazole rings is 1. The van der Waals surface area contributed by atoms with Gasteiger partial charge in [-0.25, -0.2) is 0 Å². The molecule has 1 heterocycles. The second kappa shape index (κ2) is 9.02. The molecule has 0 aliphatic rings. The first-order valence-electron chi connectivity index (χ1n) is 9.75. The monoisotopic (exact) mass is 430 g/mol. The Morgan fingerprint density at radius 3 is 2.29 bits per heavy atom. The molecule has 0 fully saturated rings. The van der Waals surface area contributed by atoms with Crippen LogP contribution in [0.2, 0.25) is 0 Å². The van der Waals surface area contributed by atoms with Crippen molar-refractivity contribution in [2.24, 2.45) is 4.99 Å². The Morgan fingerprint density at radius 1 is 1.00 bits per heavy atom. The van der Waals surface area contributed by atoms with Crippen molar-refractivity contribution >= 4 is 27.5 Å². The summed E-state index contributed by atoms with van der Waals surface area (Å²) >= 11 is 1.43. The van der Waals surface area contributed by atoms with E-state index < -0.39 is 0 Å². The van der Waals surface area contributed by atoms with Crippen molar-refractivity contribution < 1.29 is 14.3 Å². The van der Waals surface area contributed by atoms with Gasteiger partial charge in [0.1, 0.15) is 0 Å². The maximum atomic E-state index is 12.9. The molecule has 0 aliphatic heterocycles. The van der Waals surface area contributed by atoms with Gasteiger partial charge in [0, 0.05) is 24.2 Å². The number of fused-ring (bicyclic) bond motifs is 1. The normalized spacial score (nSPS) is 11.5. The molecule has 1 amide bonds. The Balaban J connectivity index is 1.74. The number of aromatic nitrogens is 1. The minimum atomic E-state index is -0.289. The topological polar surface area (TPSA) is 52.8 Å². The molecule has 0 saturated heterocycles. The summed E-state index contributed by atoms with van der Waals surface area (Å²) in [5, 5.41) is 0. The second-order valence-corrected chi connectivity index (χ2v) is 7.83. The third-order valence-corrected chi connectivity index (χ3v) is 5.98. The molecular formula is C25H22N2O3S. The molecule has 0 aliphatic carbocycles. The number of ether oxygens (including phenoxy) is 2. The second-order valence-electron chi connectivity index (χ2n) is 6.82. The summed E-state index contributed by atoms with van der Waals surface area (Å²) in [4.78, 5) is 17.9. The highest BCUT2D eigenvalue weighted by Gasteiger charge is 2.13. The number of hydrogen-bond donors (Lipinski definition) is 0. The van der Waals surface area contributed by atoms with Crippen LogP contribution in [0.25, 0.3) is 21.3 Å². The average molecular weight is 431 g/mol. The smallest absolute Gasteiger partial charge is 0.279 e. The summed E-state index contributed by atoms with van der Waals surface area (Å²) in [7, 11) is 3.20. The van der Waals surface area contributed by atoms with Crippen molar-refractivity contribution in [2.75, 3.05) is 14.2 Å². The van der Waals surface area contributed by atoms with E-state index in [-0.39, 0.29) is 5.91 Å². The molecule has 31 heavy (non-hydrogen) atoms. The van der Waals surface area contributed by atoms with Crippen molar-refractivity contribution in [3.63, 3.8) is 0 Å². The first-order valence-corrected chi connectivity index (χ1v) is 10.6. The third-order valence-electron chi connectivity index (χ3n) is 4.94. The minimum Gasteiger partial charge on any atom is -0.493 e. The van der Waals surface area contributed by atoms with E-state index in [9.17, 15) is 4.79 Å². The highest BCUT2D eigenvalue weighted by Crippen LogP contribution is 2.33. The largest absolute Gasteiger partial charge is 0.493 e. The van der Waals surface area contributed by atoms with E-state index >= 15 is 0 Å². The lowest BCUT2D eigenvalue weighted by atomic mass is 10.0. The van der Waals surface area contributed by atoms with E-state index in [1.807, 2.05) is 71.3 Å². The van der Waals surface area contributed by atoms with Crippen molar-refractivity contribution in [3.05, 3.63) is 89.7 Å². The molecule has 0 bridgehead atoms. The third kappa shape index (κ3) is 4.15. The van der Waals surface area contributed by atoms with Gasteiger partial charge in [0.15, 0.2) is 16.3 Å². The Morgan fingerprint density at radius 2 is 1.65 bits per heavy atom. The Bertz CT molecular complexity index is 1300. The molecule has 4 rings (SSSR count). The SMILES string of the molecule is C=CCn1c(=NC(=O)c2ccc(-c3ccccc3)cc2)sc2cc(OC)c(OC)cc21. The summed E-state index contributed by atoms with van der Waals surface area (Å²) in [6.07, 6.45) is 1.78. The molecule has 156 valence electrons. The van der Waals surface area contributed by atoms with E-state index in [0.29, 0.717) is 28.4 Å². The molecule has 0 radical (unpaired) electrons. The number of allylic oxidation sites excluding steroid dienone is 1. The number of rotatable bonds is 6. The fraction of sp³-hybridized carbons (Fsp3) is 0.120. The van der Waals surface area contributed by atoms with Crippen LogP contribution in [0.5, 0.6) is 11.5 Å². The van der Waals surface area contributed by atoms with Crippen LogP contribution < -0.4 is 14.3 Å². The number of hydrogen-bond acceptors (Lipinski definition) is 4. The molecule has 0 spiro atoms. The van der Waals surface area contributed by atoms with Gasteiger partial charge in [-0.15, -0.1) is 6.58 Å². The van der Waals surface area contributed by atoms with Crippen LogP contribution in [0, 0.1) is 0 Å². The van der Waals surface area contributed by atoms with Gasteiger partial charge in [0.25, 0.3) is 5.91 Å². The standard InChI is InChI=1S/C25H22N2O3S/c1-4-14-27-20-15-21(29-2)22(30-3)16-23(20)31-25(27)26-24(28)19-12-10-18(11-13-19)17-8-6-5-7-9-17/h4-13,15-16H,1,14H2,2-3H3. The maximum Gasteiger partial charge on any atom is 0.279 e. The number of benzene rings is 3. The number of amides is 1. The summed E-state index contributed by atoms with van der Waals surface area (Å²) < 4.78 is 13.7. The number of methoxy groups -OCH3 is 2. The number of carbonyl (C=O) groups excluding carboxylic acids is 1. The number of carbonyl (C=O) groups is 1. The molecule has 1 aromatic heterocycles. The van der Waals surface area contributed by atoms with Crippen molar-refractivity contribution in [2.45, 2.75) is 6.54 Å². The van der Waals surface area contributed by atoms with Crippen LogP contribution >= 0.6 is 11.3 Å². The summed E-state index contributed by atoms with van der Waals surface area (Å²) in [5.41, 5.74) is 3.61. The fourth-order valence-corrected chi connectivity index (χ4v) is 4.42. The van der Waals surface area contributed by atoms with Gasteiger partial charge in [-0.1, -0.05) is 59.9 Å². The van der Waals surface area contributed by atoms with Crippen molar-refractivity contribution in [1.29, 1.82) is 0 Å².